The van der Waals surface area contributed by atoms with Crippen LogP contribution in [-0.4, -0.2) is 60.9 Å². The molecule has 0 radical (unpaired) electrons. The fourth-order valence-electron chi connectivity index (χ4n) is 3.45. The maximum Gasteiger partial charge on any atom is 0.258 e. The summed E-state index contributed by atoms with van der Waals surface area (Å²) in [6.07, 6.45) is 4.18. The van der Waals surface area contributed by atoms with Crippen molar-refractivity contribution in [2.24, 2.45) is 0 Å². The number of amides is 1. The number of nitrogens with one attached hydrogen (secondary N) is 1. The van der Waals surface area contributed by atoms with Gasteiger partial charge in [-0.25, -0.2) is 0 Å². The van der Waals surface area contributed by atoms with Gasteiger partial charge in [0.15, 0.2) is 18.1 Å². The van der Waals surface area contributed by atoms with Gasteiger partial charge in [0.05, 0.1) is 0 Å². The molecule has 0 bridgehead atoms. The number of para-hydroxylation sites is 2. The summed E-state index contributed by atoms with van der Waals surface area (Å²) in [5, 5.41) is 12.7. The van der Waals surface area contributed by atoms with Crippen LogP contribution < -0.4 is 10.1 Å². The molecular weight excluding hydrogens is 308 g/mol. The van der Waals surface area contributed by atoms with Crippen molar-refractivity contribution < 1.29 is 19.4 Å². The van der Waals surface area contributed by atoms with E-state index in [0.717, 1.165) is 52.0 Å². The number of phenolic OH excluding ortho intramolecular Hbond substituents is 1. The SMILES string of the molecule is O=C(COc1ccccc1O)NC1CCN(C2CCOCC2)CC1. The Morgan fingerprint density at radius 3 is 2.62 bits per heavy atom. The zero-order valence-electron chi connectivity index (χ0n) is 13.9. The lowest BCUT2D eigenvalue weighted by molar-refractivity contribution is -0.124. The second-order valence-corrected chi connectivity index (χ2v) is 6.48. The topological polar surface area (TPSA) is 71.0 Å². The van der Waals surface area contributed by atoms with Crippen molar-refractivity contribution in [2.45, 2.75) is 37.8 Å². The van der Waals surface area contributed by atoms with Crippen LogP contribution in [0.15, 0.2) is 24.3 Å². The van der Waals surface area contributed by atoms with E-state index in [9.17, 15) is 9.90 Å². The molecule has 1 aromatic rings. The van der Waals surface area contributed by atoms with Crippen LogP contribution in [0.5, 0.6) is 11.5 Å². The molecule has 0 aliphatic carbocycles. The smallest absolute Gasteiger partial charge is 0.258 e. The van der Waals surface area contributed by atoms with Crippen molar-refractivity contribution in [3.05, 3.63) is 24.3 Å². The van der Waals surface area contributed by atoms with Gasteiger partial charge in [-0.05, 0) is 37.8 Å². The molecule has 2 heterocycles. The summed E-state index contributed by atoms with van der Waals surface area (Å²) < 4.78 is 10.8. The first-order chi connectivity index (χ1) is 11.7. The van der Waals surface area contributed by atoms with Crippen LogP contribution in [0, 0.1) is 0 Å². The molecule has 2 N–H and O–H groups in total. The van der Waals surface area contributed by atoms with Crippen molar-refractivity contribution in [3.63, 3.8) is 0 Å². The summed E-state index contributed by atoms with van der Waals surface area (Å²) in [6.45, 7) is 3.71. The van der Waals surface area contributed by atoms with Gasteiger partial charge in [-0.2, -0.15) is 0 Å². The molecular formula is C18H26N2O4. The van der Waals surface area contributed by atoms with Gasteiger partial charge < -0.3 is 24.8 Å². The first kappa shape index (κ1) is 17.0. The highest BCUT2D eigenvalue weighted by atomic mass is 16.5. The van der Waals surface area contributed by atoms with Crippen molar-refractivity contribution >= 4 is 5.91 Å². The molecule has 0 atom stereocenters. The molecule has 1 aromatic carbocycles. The Kier molecular flexibility index (Phi) is 5.93. The maximum absolute atomic E-state index is 12.0. The zero-order valence-corrected chi connectivity index (χ0v) is 13.9. The Balaban J connectivity index is 1.38. The van der Waals surface area contributed by atoms with E-state index in [-0.39, 0.29) is 24.3 Å². The molecule has 132 valence electrons. The Labute approximate surface area is 142 Å². The number of ether oxygens (including phenoxy) is 2. The summed E-state index contributed by atoms with van der Waals surface area (Å²) in [5.74, 6) is 0.250. The van der Waals surface area contributed by atoms with Gasteiger partial charge in [-0.1, -0.05) is 12.1 Å². The third kappa shape index (κ3) is 4.61. The second kappa shape index (κ2) is 8.35. The van der Waals surface area contributed by atoms with Crippen molar-refractivity contribution in [1.82, 2.24) is 10.2 Å². The fraction of sp³-hybridized carbons (Fsp3) is 0.611. The first-order valence-corrected chi connectivity index (χ1v) is 8.74. The number of carbonyl (C=O) groups is 1. The number of aromatic hydroxyl groups is 1. The summed E-state index contributed by atoms with van der Waals surface area (Å²) >= 11 is 0. The number of phenols is 1. The van der Waals surface area contributed by atoms with Crippen molar-refractivity contribution in [3.8, 4) is 11.5 Å². The predicted molar refractivity (Wildman–Crippen MR) is 90.2 cm³/mol. The van der Waals surface area contributed by atoms with Gasteiger partial charge in [0.25, 0.3) is 5.91 Å². The lowest BCUT2D eigenvalue weighted by Gasteiger charge is -2.39. The third-order valence-corrected chi connectivity index (χ3v) is 4.83. The Bertz CT molecular complexity index is 538. The summed E-state index contributed by atoms with van der Waals surface area (Å²) in [5.41, 5.74) is 0. The molecule has 2 saturated heterocycles. The van der Waals surface area contributed by atoms with Gasteiger partial charge in [0.1, 0.15) is 0 Å². The lowest BCUT2D eigenvalue weighted by Crippen LogP contribution is -2.49. The molecule has 0 unspecified atom stereocenters. The van der Waals surface area contributed by atoms with E-state index in [1.807, 2.05) is 0 Å². The molecule has 0 saturated carbocycles. The van der Waals surface area contributed by atoms with Crippen LogP contribution in [0.3, 0.4) is 0 Å². The number of nitrogens with zero attached hydrogens (tertiary/aromatic N) is 1. The Hall–Kier alpha value is -1.79. The second-order valence-electron chi connectivity index (χ2n) is 6.48. The summed E-state index contributed by atoms with van der Waals surface area (Å²) in [4.78, 5) is 14.6. The molecule has 3 rings (SSSR count). The standard InChI is InChI=1S/C18H26N2O4/c21-16-3-1-2-4-17(16)24-13-18(22)19-14-5-9-20(10-6-14)15-7-11-23-12-8-15/h1-4,14-15,21H,5-13H2,(H,19,22). The number of likely N-dealkylation sites (tertiary alicyclic amines) is 1. The molecule has 0 aromatic heterocycles. The quantitative estimate of drug-likeness (QED) is 0.854. The minimum atomic E-state index is -0.136. The van der Waals surface area contributed by atoms with Gasteiger partial charge in [-0.15, -0.1) is 0 Å². The van der Waals surface area contributed by atoms with Gasteiger partial charge in [-0.3, -0.25) is 4.79 Å². The van der Waals surface area contributed by atoms with Gasteiger partial charge in [0.2, 0.25) is 0 Å². The van der Waals surface area contributed by atoms with E-state index in [4.69, 9.17) is 9.47 Å². The highest BCUT2D eigenvalue weighted by Crippen LogP contribution is 2.24. The first-order valence-electron chi connectivity index (χ1n) is 8.74. The molecule has 24 heavy (non-hydrogen) atoms. The average molecular weight is 334 g/mol. The van der Waals surface area contributed by atoms with Crippen LogP contribution in [0.1, 0.15) is 25.7 Å². The Morgan fingerprint density at radius 2 is 1.92 bits per heavy atom. The van der Waals surface area contributed by atoms with E-state index < -0.39 is 0 Å². The van der Waals surface area contributed by atoms with Crippen LogP contribution in [0.25, 0.3) is 0 Å². The number of benzene rings is 1. The summed E-state index contributed by atoms with van der Waals surface area (Å²) in [6, 6.07) is 7.52. The highest BCUT2D eigenvalue weighted by Gasteiger charge is 2.27. The van der Waals surface area contributed by atoms with E-state index >= 15 is 0 Å². The maximum atomic E-state index is 12.0. The van der Waals surface area contributed by atoms with Crippen molar-refractivity contribution in [2.75, 3.05) is 32.9 Å². The molecule has 2 aliphatic rings. The van der Waals surface area contributed by atoms with E-state index in [2.05, 4.69) is 10.2 Å². The normalized spacial score (nSPS) is 20.7. The van der Waals surface area contributed by atoms with Crippen LogP contribution in [-0.2, 0) is 9.53 Å². The van der Waals surface area contributed by atoms with Crippen molar-refractivity contribution in [1.29, 1.82) is 0 Å². The predicted octanol–water partition coefficient (Wildman–Crippen LogP) is 1.53. The number of rotatable bonds is 5. The number of hydrogen-bond acceptors (Lipinski definition) is 5. The van der Waals surface area contributed by atoms with Crippen LogP contribution in [0.2, 0.25) is 0 Å². The lowest BCUT2D eigenvalue weighted by atomic mass is 9.99. The Morgan fingerprint density at radius 1 is 1.21 bits per heavy atom. The number of piperidine rings is 1. The van der Waals surface area contributed by atoms with E-state index in [1.165, 1.54) is 0 Å². The largest absolute Gasteiger partial charge is 0.504 e. The minimum Gasteiger partial charge on any atom is -0.504 e. The third-order valence-electron chi connectivity index (χ3n) is 4.83. The fourth-order valence-corrected chi connectivity index (χ4v) is 3.45. The molecule has 6 heteroatoms. The molecule has 0 spiro atoms. The molecule has 2 fully saturated rings. The summed E-state index contributed by atoms with van der Waals surface area (Å²) in [7, 11) is 0. The van der Waals surface area contributed by atoms with Gasteiger partial charge >= 0.3 is 0 Å². The number of carbonyl (C=O) groups excluding carboxylic acids is 1. The van der Waals surface area contributed by atoms with Crippen LogP contribution >= 0.6 is 0 Å². The number of hydrogen-bond donors (Lipinski definition) is 2. The highest BCUT2D eigenvalue weighted by molar-refractivity contribution is 5.77. The van der Waals surface area contributed by atoms with E-state index in [0.29, 0.717) is 11.8 Å². The molecule has 2 aliphatic heterocycles. The molecule has 1 amide bonds. The minimum absolute atomic E-state index is 0.0510. The van der Waals surface area contributed by atoms with Gasteiger partial charge in [0, 0.05) is 38.4 Å². The average Bonchev–Trinajstić information content (AvgIpc) is 2.62. The van der Waals surface area contributed by atoms with E-state index in [1.54, 1.807) is 24.3 Å². The van der Waals surface area contributed by atoms with Crippen LogP contribution in [0.4, 0.5) is 0 Å². The molecule has 6 nitrogen and oxygen atoms in total. The zero-order chi connectivity index (χ0) is 16.8. The monoisotopic (exact) mass is 334 g/mol.